The minimum Gasteiger partial charge on any atom is -0.423 e. The van der Waals surface area contributed by atoms with Crippen LogP contribution in [0.15, 0.2) is 0 Å². The number of hydrogen-bond donors (Lipinski definition) is 1. The van der Waals surface area contributed by atoms with Crippen molar-refractivity contribution in [3.05, 3.63) is 17.9 Å². The van der Waals surface area contributed by atoms with Gasteiger partial charge in [0.05, 0.1) is 7.14 Å². The van der Waals surface area contributed by atoms with Gasteiger partial charge in [0.25, 0.3) is 10.1 Å². The predicted octanol–water partition coefficient (Wildman–Crippen LogP) is 3.50. The Morgan fingerprint density at radius 2 is 1.32 bits per heavy atom. The van der Waals surface area contributed by atoms with Crippen molar-refractivity contribution in [1.29, 1.82) is 0 Å². The minimum atomic E-state index is -4.38. The molecule has 0 bridgehead atoms. The van der Waals surface area contributed by atoms with Crippen LogP contribution in [-0.4, -0.2) is 24.7 Å². The highest BCUT2D eigenvalue weighted by atomic mass is 127. The molecule has 0 aliphatic heterocycles. The fourth-order valence-corrected chi connectivity index (χ4v) is 6.26. The van der Waals surface area contributed by atoms with Gasteiger partial charge in [0.1, 0.15) is 0 Å². The van der Waals surface area contributed by atoms with E-state index in [1.165, 1.54) is 0 Å². The second kappa shape index (κ2) is 7.68. The van der Waals surface area contributed by atoms with Crippen LogP contribution in [0.3, 0.4) is 0 Å². The average Bonchev–Trinajstić information content (AvgIpc) is 2.27. The molecule has 0 radical (unpaired) electrons. The van der Waals surface area contributed by atoms with Crippen LogP contribution in [0.25, 0.3) is 0 Å². The first-order chi connectivity index (χ1) is 8.54. The van der Waals surface area contributed by atoms with Gasteiger partial charge >= 0.3 is 5.97 Å². The van der Waals surface area contributed by atoms with Gasteiger partial charge in [0, 0.05) is 10.7 Å². The van der Waals surface area contributed by atoms with Crippen LogP contribution in [0.1, 0.15) is 0 Å². The van der Waals surface area contributed by atoms with E-state index in [1.807, 2.05) is 45.2 Å². The van der Waals surface area contributed by atoms with E-state index in [-0.39, 0.29) is 0 Å². The van der Waals surface area contributed by atoms with Crippen LogP contribution in [0.5, 0.6) is 5.75 Å². The summed E-state index contributed by atoms with van der Waals surface area (Å²) >= 11 is 10.5. The Kier molecular flexibility index (Phi) is 7.80. The van der Waals surface area contributed by atoms with Crippen molar-refractivity contribution in [2.75, 3.05) is 5.75 Å². The van der Waals surface area contributed by atoms with Gasteiger partial charge in [-0.1, -0.05) is 0 Å². The third-order valence-corrected chi connectivity index (χ3v) is 11.7. The van der Waals surface area contributed by atoms with Crippen molar-refractivity contribution >= 4 is 129 Å². The summed E-state index contributed by atoms with van der Waals surface area (Å²) in [5, 5.41) is 0. The van der Waals surface area contributed by atoms with Gasteiger partial charge in [-0.15, -0.1) is 0 Å². The molecule has 0 atom stereocenters. The van der Waals surface area contributed by atoms with E-state index in [2.05, 4.69) is 67.8 Å². The number of carbonyl (C=O) groups excluding carboxylic acids is 1. The number of halogens is 5. The Morgan fingerprint density at radius 3 is 1.68 bits per heavy atom. The molecule has 0 heterocycles. The Bertz CT molecular complexity index is 612. The lowest BCUT2D eigenvalue weighted by atomic mass is 10.3. The number of carbonyl (C=O) groups is 1. The number of rotatable bonds is 3. The zero-order valence-corrected chi connectivity index (χ0v) is 20.2. The van der Waals surface area contributed by atoms with Gasteiger partial charge < -0.3 is 4.74 Å². The summed E-state index contributed by atoms with van der Waals surface area (Å²) in [5.74, 6) is -1.74. The maximum absolute atomic E-state index is 11.5. The average molecular weight is 846 g/mol. The van der Waals surface area contributed by atoms with Gasteiger partial charge in [-0.25, -0.2) is 0 Å². The summed E-state index contributed by atoms with van der Waals surface area (Å²) < 4.78 is 39.3. The van der Waals surface area contributed by atoms with Gasteiger partial charge in [-0.2, -0.15) is 8.42 Å². The highest BCUT2D eigenvalue weighted by Gasteiger charge is 2.22. The molecule has 1 rings (SSSR count). The van der Waals surface area contributed by atoms with E-state index >= 15 is 0 Å². The van der Waals surface area contributed by atoms with Crippen LogP contribution in [0.2, 0.25) is 0 Å². The molecule has 0 saturated carbocycles. The molecule has 0 fully saturated rings. The molecule has 0 aromatic heterocycles. The molecule has 5 nitrogen and oxygen atoms in total. The van der Waals surface area contributed by atoms with Crippen molar-refractivity contribution in [3.63, 3.8) is 0 Å². The lowest BCUT2D eigenvalue weighted by Gasteiger charge is -2.13. The van der Waals surface area contributed by atoms with E-state index in [1.54, 1.807) is 0 Å². The topological polar surface area (TPSA) is 80.7 Å². The summed E-state index contributed by atoms with van der Waals surface area (Å²) in [6, 6.07) is 0. The molecule has 0 aliphatic carbocycles. The molecule has 0 unspecified atom stereocenters. The minimum absolute atomic E-state index is 0.323. The van der Waals surface area contributed by atoms with Gasteiger partial charge in [0.15, 0.2) is 11.5 Å². The quantitative estimate of drug-likeness (QED) is 0.126. The second-order valence-corrected chi connectivity index (χ2v) is 9.95. The highest BCUT2D eigenvalue weighted by Crippen LogP contribution is 2.38. The number of esters is 1. The zero-order chi connectivity index (χ0) is 15.0. The summed E-state index contributed by atoms with van der Waals surface area (Å²) in [5.41, 5.74) is 0. The fraction of sp³-hybridized carbons (Fsp3) is 0.125. The lowest BCUT2D eigenvalue weighted by Crippen LogP contribution is -2.21. The smallest absolute Gasteiger partial charge is 0.329 e. The van der Waals surface area contributed by atoms with Crippen molar-refractivity contribution in [1.82, 2.24) is 0 Å². The normalized spacial score (nSPS) is 11.5. The van der Waals surface area contributed by atoms with E-state index in [9.17, 15) is 13.2 Å². The largest absolute Gasteiger partial charge is 0.423 e. The Balaban J connectivity index is 3.20. The maximum atomic E-state index is 11.5. The summed E-state index contributed by atoms with van der Waals surface area (Å²) in [4.78, 5) is 11.5. The van der Waals surface area contributed by atoms with Crippen molar-refractivity contribution in [3.8, 4) is 5.75 Å². The van der Waals surface area contributed by atoms with Crippen molar-refractivity contribution < 1.29 is 22.5 Å². The Labute approximate surface area is 177 Å². The molecule has 1 aromatic rings. The molecular weight excluding hydrogens is 843 g/mol. The van der Waals surface area contributed by atoms with E-state index in [4.69, 9.17) is 9.29 Å². The predicted molar refractivity (Wildman–Crippen MR) is 112 cm³/mol. The van der Waals surface area contributed by atoms with Gasteiger partial charge in [-0.3, -0.25) is 9.35 Å². The zero-order valence-electron chi connectivity index (χ0n) is 8.59. The SMILES string of the molecule is O=C(CS(=O)(=O)O)Oc1c(I)c(I)c(I)c(I)c1I. The first-order valence-corrected chi connectivity index (χ1v) is 11.2. The third-order valence-electron chi connectivity index (χ3n) is 1.69. The summed E-state index contributed by atoms with van der Waals surface area (Å²) in [6.07, 6.45) is 0. The number of ether oxygens (including phenoxy) is 1. The molecule has 0 amide bonds. The van der Waals surface area contributed by atoms with Crippen LogP contribution in [0, 0.1) is 17.9 Å². The Hall–Kier alpha value is 2.25. The number of benzene rings is 1. The molecule has 0 aliphatic rings. The third kappa shape index (κ3) is 5.43. The van der Waals surface area contributed by atoms with Crippen molar-refractivity contribution in [2.45, 2.75) is 0 Å². The van der Waals surface area contributed by atoms with Crippen LogP contribution in [-0.2, 0) is 14.9 Å². The van der Waals surface area contributed by atoms with Crippen LogP contribution >= 0.6 is 113 Å². The molecule has 106 valence electrons. The first-order valence-electron chi connectivity index (χ1n) is 4.22. The van der Waals surface area contributed by atoms with E-state index in [0.717, 1.165) is 17.9 Å². The van der Waals surface area contributed by atoms with Crippen molar-refractivity contribution in [2.24, 2.45) is 0 Å². The molecule has 1 aromatic carbocycles. The lowest BCUT2D eigenvalue weighted by molar-refractivity contribution is -0.131. The molecule has 0 saturated heterocycles. The standard InChI is InChI=1S/C8H3I5O5S/c9-3-4(10)6(12)8(7(13)5(3)11)18-2(14)1-19(15,16)17/h1H2,(H,15,16,17). The highest BCUT2D eigenvalue weighted by molar-refractivity contribution is 14.1. The fourth-order valence-electron chi connectivity index (χ4n) is 0.967. The molecule has 0 spiro atoms. The summed E-state index contributed by atoms with van der Waals surface area (Å²) in [7, 11) is -4.38. The van der Waals surface area contributed by atoms with E-state index in [0.29, 0.717) is 5.75 Å². The first kappa shape index (κ1) is 19.3. The molecular formula is C8H3I5O5S. The van der Waals surface area contributed by atoms with Crippen LogP contribution < -0.4 is 4.74 Å². The maximum Gasteiger partial charge on any atom is 0.329 e. The van der Waals surface area contributed by atoms with Gasteiger partial charge in [-0.05, 0) is 113 Å². The Morgan fingerprint density at radius 1 is 0.947 bits per heavy atom. The van der Waals surface area contributed by atoms with Gasteiger partial charge in [0.2, 0.25) is 0 Å². The number of hydrogen-bond acceptors (Lipinski definition) is 4. The summed E-state index contributed by atoms with van der Waals surface area (Å²) in [6.45, 7) is 0. The monoisotopic (exact) mass is 845 g/mol. The molecule has 19 heavy (non-hydrogen) atoms. The second-order valence-electron chi connectivity index (χ2n) is 3.10. The van der Waals surface area contributed by atoms with Crippen LogP contribution in [0.4, 0.5) is 0 Å². The molecule has 1 N–H and O–H groups in total. The van der Waals surface area contributed by atoms with E-state index < -0.39 is 21.8 Å². The molecule has 11 heteroatoms.